The zero-order valence-corrected chi connectivity index (χ0v) is 11.1. The molecule has 1 fully saturated rings. The van der Waals surface area contributed by atoms with E-state index in [1.807, 2.05) is 0 Å². The van der Waals surface area contributed by atoms with Crippen LogP contribution in [0.5, 0.6) is 0 Å². The summed E-state index contributed by atoms with van der Waals surface area (Å²) in [6, 6.07) is 6.99. The summed E-state index contributed by atoms with van der Waals surface area (Å²) in [4.78, 5) is 2.38. The smallest absolute Gasteiger partial charge is 0.0400 e. The molecule has 0 amide bonds. The molecule has 0 saturated carbocycles. The maximum Gasteiger partial charge on any atom is 0.0400 e. The van der Waals surface area contributed by atoms with Gasteiger partial charge in [-0.05, 0) is 32.0 Å². The third kappa shape index (κ3) is 3.20. The summed E-state index contributed by atoms with van der Waals surface area (Å²) in [6.07, 6.45) is 0. The molecule has 1 aromatic rings. The van der Waals surface area contributed by atoms with Gasteiger partial charge in [-0.2, -0.15) is 0 Å². The van der Waals surface area contributed by atoms with E-state index in [0.717, 1.165) is 26.2 Å². The van der Waals surface area contributed by atoms with Crippen LogP contribution in [0.4, 0.5) is 5.69 Å². The third-order valence-electron chi connectivity index (χ3n) is 3.46. The van der Waals surface area contributed by atoms with Crippen molar-refractivity contribution < 1.29 is 0 Å². The lowest BCUT2D eigenvalue weighted by Crippen LogP contribution is -2.51. The number of anilines is 1. The van der Waals surface area contributed by atoms with E-state index in [-0.39, 0.29) is 0 Å². The highest BCUT2D eigenvalue weighted by molar-refractivity contribution is 5.56. The largest absolute Gasteiger partial charge is 0.383 e. The summed E-state index contributed by atoms with van der Waals surface area (Å²) < 4.78 is 0. The molecule has 0 aliphatic carbocycles. The predicted octanol–water partition coefficient (Wildman–Crippen LogP) is 1.62. The highest BCUT2D eigenvalue weighted by Crippen LogP contribution is 2.19. The van der Waals surface area contributed by atoms with Crippen molar-refractivity contribution in [1.82, 2.24) is 10.2 Å². The number of piperazine rings is 1. The van der Waals surface area contributed by atoms with E-state index >= 15 is 0 Å². The predicted molar refractivity (Wildman–Crippen MR) is 73.7 cm³/mol. The van der Waals surface area contributed by atoms with E-state index in [2.05, 4.69) is 54.6 Å². The summed E-state index contributed by atoms with van der Waals surface area (Å²) >= 11 is 0. The number of nitrogens with zero attached hydrogens (tertiary/aromatic N) is 1. The minimum atomic E-state index is 0.549. The molecule has 1 atom stereocenters. The lowest BCUT2D eigenvalue weighted by Gasteiger charge is -2.31. The summed E-state index contributed by atoms with van der Waals surface area (Å²) in [5.41, 5.74) is 3.95. The number of hydrogen-bond donors (Lipinski definition) is 2. The highest BCUT2D eigenvalue weighted by atomic mass is 15.2. The van der Waals surface area contributed by atoms with Gasteiger partial charge in [-0.15, -0.1) is 0 Å². The number of para-hydroxylation sites is 1. The second-order valence-corrected chi connectivity index (χ2v) is 5.06. The quantitative estimate of drug-likeness (QED) is 0.831. The Labute approximate surface area is 104 Å². The Kier molecular flexibility index (Phi) is 4.02. The lowest BCUT2D eigenvalue weighted by atomic mass is 10.1. The molecule has 1 aromatic carbocycles. The van der Waals surface area contributed by atoms with Crippen LogP contribution in [0.1, 0.15) is 11.1 Å². The fourth-order valence-corrected chi connectivity index (χ4v) is 2.45. The summed E-state index contributed by atoms with van der Waals surface area (Å²) in [7, 11) is 2.19. The van der Waals surface area contributed by atoms with Gasteiger partial charge in [0.05, 0.1) is 0 Å². The van der Waals surface area contributed by atoms with Crippen molar-refractivity contribution in [3.63, 3.8) is 0 Å². The van der Waals surface area contributed by atoms with E-state index in [1.54, 1.807) is 0 Å². The molecule has 3 nitrogen and oxygen atoms in total. The Balaban J connectivity index is 1.93. The summed E-state index contributed by atoms with van der Waals surface area (Å²) in [5.74, 6) is 0. The van der Waals surface area contributed by atoms with Crippen molar-refractivity contribution in [3.8, 4) is 0 Å². The van der Waals surface area contributed by atoms with Crippen LogP contribution in [0.25, 0.3) is 0 Å². The van der Waals surface area contributed by atoms with Gasteiger partial charge >= 0.3 is 0 Å². The van der Waals surface area contributed by atoms with Gasteiger partial charge in [0.15, 0.2) is 0 Å². The first-order chi connectivity index (χ1) is 8.16. The van der Waals surface area contributed by atoms with Crippen LogP contribution in [-0.4, -0.2) is 44.2 Å². The Morgan fingerprint density at radius 3 is 2.71 bits per heavy atom. The van der Waals surface area contributed by atoms with E-state index < -0.39 is 0 Å². The van der Waals surface area contributed by atoms with E-state index in [9.17, 15) is 0 Å². The standard InChI is InChI=1S/C14H23N3/c1-11-5-4-6-12(2)14(11)16-9-13-10-17(3)8-7-15-13/h4-6,13,15-16H,7-10H2,1-3H3. The van der Waals surface area contributed by atoms with Crippen molar-refractivity contribution >= 4 is 5.69 Å². The Bertz CT molecular complexity index is 355. The first-order valence-corrected chi connectivity index (χ1v) is 6.39. The topological polar surface area (TPSA) is 27.3 Å². The number of benzene rings is 1. The summed E-state index contributed by atoms with van der Waals surface area (Å²) in [6.45, 7) is 8.69. The zero-order valence-electron chi connectivity index (χ0n) is 11.1. The molecular formula is C14H23N3. The molecule has 2 rings (SSSR count). The molecule has 1 unspecified atom stereocenters. The Morgan fingerprint density at radius 1 is 1.35 bits per heavy atom. The van der Waals surface area contributed by atoms with E-state index in [1.165, 1.54) is 16.8 Å². The van der Waals surface area contributed by atoms with Crippen LogP contribution in [0.2, 0.25) is 0 Å². The molecule has 0 spiro atoms. The van der Waals surface area contributed by atoms with E-state index in [4.69, 9.17) is 0 Å². The number of hydrogen-bond acceptors (Lipinski definition) is 3. The minimum Gasteiger partial charge on any atom is -0.383 e. The summed E-state index contributed by atoms with van der Waals surface area (Å²) in [5, 5.41) is 7.14. The third-order valence-corrected chi connectivity index (χ3v) is 3.46. The van der Waals surface area contributed by atoms with Gasteiger partial charge in [-0.25, -0.2) is 0 Å². The van der Waals surface area contributed by atoms with Crippen LogP contribution in [0.15, 0.2) is 18.2 Å². The average molecular weight is 233 g/mol. The van der Waals surface area contributed by atoms with Crippen LogP contribution in [-0.2, 0) is 0 Å². The van der Waals surface area contributed by atoms with Crippen molar-refractivity contribution in [1.29, 1.82) is 0 Å². The molecule has 1 heterocycles. The van der Waals surface area contributed by atoms with Gasteiger partial charge in [0.2, 0.25) is 0 Å². The first kappa shape index (κ1) is 12.4. The minimum absolute atomic E-state index is 0.549. The maximum atomic E-state index is 3.58. The molecule has 94 valence electrons. The van der Waals surface area contributed by atoms with Gasteiger partial charge in [-0.1, -0.05) is 18.2 Å². The lowest BCUT2D eigenvalue weighted by molar-refractivity contribution is 0.244. The molecule has 17 heavy (non-hydrogen) atoms. The molecule has 0 radical (unpaired) electrons. The molecule has 0 bridgehead atoms. The van der Waals surface area contributed by atoms with Gasteiger partial charge in [0.25, 0.3) is 0 Å². The van der Waals surface area contributed by atoms with Gasteiger partial charge < -0.3 is 15.5 Å². The number of aryl methyl sites for hydroxylation is 2. The number of likely N-dealkylation sites (N-methyl/N-ethyl adjacent to an activating group) is 1. The van der Waals surface area contributed by atoms with Crippen LogP contribution >= 0.6 is 0 Å². The maximum absolute atomic E-state index is 3.58. The second kappa shape index (κ2) is 5.52. The number of rotatable bonds is 3. The van der Waals surface area contributed by atoms with Gasteiger partial charge in [-0.3, -0.25) is 0 Å². The monoisotopic (exact) mass is 233 g/mol. The van der Waals surface area contributed by atoms with Gasteiger partial charge in [0.1, 0.15) is 0 Å². The zero-order chi connectivity index (χ0) is 12.3. The second-order valence-electron chi connectivity index (χ2n) is 5.06. The molecule has 3 heteroatoms. The first-order valence-electron chi connectivity index (χ1n) is 6.39. The molecule has 2 N–H and O–H groups in total. The number of nitrogens with one attached hydrogen (secondary N) is 2. The fourth-order valence-electron chi connectivity index (χ4n) is 2.45. The average Bonchev–Trinajstić information content (AvgIpc) is 2.28. The SMILES string of the molecule is Cc1cccc(C)c1NCC1CN(C)CCN1. The Hall–Kier alpha value is -1.06. The molecule has 1 aliphatic heterocycles. The fraction of sp³-hybridized carbons (Fsp3) is 0.571. The van der Waals surface area contributed by atoms with Gasteiger partial charge in [0, 0.05) is 37.9 Å². The van der Waals surface area contributed by atoms with Crippen molar-refractivity contribution in [2.24, 2.45) is 0 Å². The van der Waals surface area contributed by atoms with Crippen molar-refractivity contribution in [2.75, 3.05) is 38.5 Å². The van der Waals surface area contributed by atoms with Crippen molar-refractivity contribution in [3.05, 3.63) is 29.3 Å². The van der Waals surface area contributed by atoms with E-state index in [0.29, 0.717) is 6.04 Å². The van der Waals surface area contributed by atoms with Crippen LogP contribution in [0.3, 0.4) is 0 Å². The Morgan fingerprint density at radius 2 is 2.06 bits per heavy atom. The normalized spacial score (nSPS) is 21.5. The van der Waals surface area contributed by atoms with Crippen LogP contribution < -0.4 is 10.6 Å². The van der Waals surface area contributed by atoms with Crippen molar-refractivity contribution in [2.45, 2.75) is 19.9 Å². The molecule has 0 aromatic heterocycles. The molecule has 1 aliphatic rings. The van der Waals surface area contributed by atoms with Crippen LogP contribution in [0, 0.1) is 13.8 Å². The highest BCUT2D eigenvalue weighted by Gasteiger charge is 2.16. The molecule has 1 saturated heterocycles. The molecular weight excluding hydrogens is 210 g/mol.